The minimum absolute atomic E-state index is 0.186. The standard InChI is InChI=1S/C15H18O4/c1-2-19-14(18)15(13(16)17,10-11-8-9-11)12-6-4-3-5-7-12/h3-7,11H,2,8-10H2,1H3,(H,16,17). The van der Waals surface area contributed by atoms with Crippen molar-refractivity contribution in [2.24, 2.45) is 5.92 Å². The maximum atomic E-state index is 12.3. The molecule has 0 aliphatic heterocycles. The van der Waals surface area contributed by atoms with Crippen LogP contribution in [0.2, 0.25) is 0 Å². The van der Waals surface area contributed by atoms with Gasteiger partial charge in [-0.2, -0.15) is 0 Å². The monoisotopic (exact) mass is 262 g/mol. The smallest absolute Gasteiger partial charge is 0.328 e. The SMILES string of the molecule is CCOC(=O)C(CC1CC1)(C(=O)O)c1ccccc1. The molecule has 0 bridgehead atoms. The van der Waals surface area contributed by atoms with Crippen molar-refractivity contribution in [2.75, 3.05) is 6.61 Å². The number of aliphatic carboxylic acids is 1. The summed E-state index contributed by atoms with van der Waals surface area (Å²) in [4.78, 5) is 24.1. The second kappa shape index (κ2) is 5.43. The van der Waals surface area contributed by atoms with Gasteiger partial charge in [-0.15, -0.1) is 0 Å². The van der Waals surface area contributed by atoms with Crippen molar-refractivity contribution in [2.45, 2.75) is 31.6 Å². The number of hydrogen-bond donors (Lipinski definition) is 1. The highest BCUT2D eigenvalue weighted by Crippen LogP contribution is 2.43. The molecule has 1 aromatic rings. The first kappa shape index (κ1) is 13.6. The van der Waals surface area contributed by atoms with Crippen molar-refractivity contribution in [1.29, 1.82) is 0 Å². The Morgan fingerprint density at radius 3 is 2.42 bits per heavy atom. The molecule has 1 unspecified atom stereocenters. The van der Waals surface area contributed by atoms with Crippen LogP contribution in [0.4, 0.5) is 0 Å². The third-order valence-electron chi connectivity index (χ3n) is 3.55. The van der Waals surface area contributed by atoms with Gasteiger partial charge < -0.3 is 9.84 Å². The van der Waals surface area contributed by atoms with Gasteiger partial charge in [0, 0.05) is 0 Å². The Morgan fingerprint density at radius 2 is 1.95 bits per heavy atom. The second-order valence-electron chi connectivity index (χ2n) is 4.94. The molecule has 0 radical (unpaired) electrons. The third-order valence-corrected chi connectivity index (χ3v) is 3.55. The van der Waals surface area contributed by atoms with E-state index in [1.807, 2.05) is 0 Å². The molecule has 1 atom stereocenters. The second-order valence-corrected chi connectivity index (χ2v) is 4.94. The maximum Gasteiger partial charge on any atom is 0.328 e. The number of esters is 1. The molecule has 1 N–H and O–H groups in total. The van der Waals surface area contributed by atoms with Crippen molar-refractivity contribution in [1.82, 2.24) is 0 Å². The van der Waals surface area contributed by atoms with E-state index >= 15 is 0 Å². The number of benzene rings is 1. The van der Waals surface area contributed by atoms with Crippen LogP contribution in [0.25, 0.3) is 0 Å². The molecule has 1 aliphatic carbocycles. The Balaban J connectivity index is 2.44. The summed E-state index contributed by atoms with van der Waals surface area (Å²) in [6, 6.07) is 8.68. The number of hydrogen-bond acceptors (Lipinski definition) is 3. The fourth-order valence-electron chi connectivity index (χ4n) is 2.35. The lowest BCUT2D eigenvalue weighted by atomic mass is 9.76. The number of carbonyl (C=O) groups excluding carboxylic acids is 1. The zero-order chi connectivity index (χ0) is 13.9. The molecule has 102 valence electrons. The van der Waals surface area contributed by atoms with Gasteiger partial charge in [0.05, 0.1) is 6.61 Å². The molecule has 4 nitrogen and oxygen atoms in total. The Morgan fingerprint density at radius 1 is 1.32 bits per heavy atom. The fourth-order valence-corrected chi connectivity index (χ4v) is 2.35. The molecule has 0 amide bonds. The number of carboxylic acid groups (broad SMARTS) is 1. The molecule has 0 spiro atoms. The van der Waals surface area contributed by atoms with E-state index in [1.165, 1.54) is 0 Å². The van der Waals surface area contributed by atoms with Crippen LogP contribution < -0.4 is 0 Å². The van der Waals surface area contributed by atoms with Crippen LogP contribution in [-0.4, -0.2) is 23.7 Å². The largest absolute Gasteiger partial charge is 0.480 e. The van der Waals surface area contributed by atoms with E-state index in [9.17, 15) is 14.7 Å². The fraction of sp³-hybridized carbons (Fsp3) is 0.467. The van der Waals surface area contributed by atoms with Gasteiger partial charge in [-0.05, 0) is 24.8 Å². The zero-order valence-corrected chi connectivity index (χ0v) is 11.0. The van der Waals surface area contributed by atoms with Gasteiger partial charge in [0.25, 0.3) is 0 Å². The lowest BCUT2D eigenvalue weighted by Crippen LogP contribution is -2.45. The number of rotatable bonds is 6. The van der Waals surface area contributed by atoms with Gasteiger partial charge in [-0.3, -0.25) is 9.59 Å². The minimum Gasteiger partial charge on any atom is -0.480 e. The predicted molar refractivity (Wildman–Crippen MR) is 69.7 cm³/mol. The summed E-state index contributed by atoms with van der Waals surface area (Å²) in [7, 11) is 0. The molecule has 0 aromatic heterocycles. The van der Waals surface area contributed by atoms with Crippen LogP contribution in [0, 0.1) is 5.92 Å². The molecule has 1 saturated carbocycles. The molecular weight excluding hydrogens is 244 g/mol. The van der Waals surface area contributed by atoms with Crippen LogP contribution in [0.3, 0.4) is 0 Å². The summed E-state index contributed by atoms with van der Waals surface area (Å²) < 4.78 is 5.03. The number of carboxylic acids is 1. The van der Waals surface area contributed by atoms with Crippen LogP contribution in [0.5, 0.6) is 0 Å². The topological polar surface area (TPSA) is 63.6 Å². The molecule has 0 heterocycles. The van der Waals surface area contributed by atoms with E-state index in [2.05, 4.69) is 0 Å². The molecule has 1 aliphatic rings. The first-order chi connectivity index (χ1) is 9.11. The summed E-state index contributed by atoms with van der Waals surface area (Å²) in [5, 5.41) is 9.65. The van der Waals surface area contributed by atoms with Gasteiger partial charge in [-0.1, -0.05) is 43.2 Å². The average Bonchev–Trinajstić information content (AvgIpc) is 3.20. The van der Waals surface area contributed by atoms with Crippen molar-refractivity contribution >= 4 is 11.9 Å². The third kappa shape index (κ3) is 2.62. The molecular formula is C15H18O4. The van der Waals surface area contributed by atoms with Gasteiger partial charge in [0.1, 0.15) is 0 Å². The summed E-state index contributed by atoms with van der Waals surface area (Å²) in [6.07, 6.45) is 2.30. The molecule has 2 rings (SSSR count). The molecule has 4 heteroatoms. The first-order valence-corrected chi connectivity index (χ1v) is 6.57. The van der Waals surface area contributed by atoms with Gasteiger partial charge in [-0.25, -0.2) is 0 Å². The maximum absolute atomic E-state index is 12.3. The van der Waals surface area contributed by atoms with Crippen molar-refractivity contribution in [3.63, 3.8) is 0 Å². The quantitative estimate of drug-likeness (QED) is 0.631. The van der Waals surface area contributed by atoms with Crippen LogP contribution >= 0.6 is 0 Å². The van der Waals surface area contributed by atoms with Gasteiger partial charge in [0.2, 0.25) is 0 Å². The van der Waals surface area contributed by atoms with E-state index in [4.69, 9.17) is 4.74 Å². The highest BCUT2D eigenvalue weighted by molar-refractivity contribution is 6.05. The van der Waals surface area contributed by atoms with Crippen LogP contribution in [0.15, 0.2) is 30.3 Å². The van der Waals surface area contributed by atoms with Crippen LogP contribution in [0.1, 0.15) is 31.7 Å². The molecule has 1 fully saturated rings. The van der Waals surface area contributed by atoms with Gasteiger partial charge >= 0.3 is 11.9 Å². The lowest BCUT2D eigenvalue weighted by Gasteiger charge is -2.27. The Kier molecular flexibility index (Phi) is 3.88. The summed E-state index contributed by atoms with van der Waals surface area (Å²) in [5.74, 6) is -1.47. The van der Waals surface area contributed by atoms with E-state index in [0.29, 0.717) is 17.9 Å². The van der Waals surface area contributed by atoms with E-state index in [-0.39, 0.29) is 6.61 Å². The summed E-state index contributed by atoms with van der Waals surface area (Å²) in [5.41, 5.74) is -1.05. The highest BCUT2D eigenvalue weighted by atomic mass is 16.5. The summed E-state index contributed by atoms with van der Waals surface area (Å²) in [6.45, 7) is 1.87. The Bertz CT molecular complexity index is 464. The lowest BCUT2D eigenvalue weighted by molar-refractivity contribution is -0.162. The van der Waals surface area contributed by atoms with Crippen LogP contribution in [-0.2, 0) is 19.7 Å². The normalized spacial score (nSPS) is 17.5. The first-order valence-electron chi connectivity index (χ1n) is 6.57. The summed E-state index contributed by atoms with van der Waals surface area (Å²) >= 11 is 0. The van der Waals surface area contributed by atoms with Crippen molar-refractivity contribution in [3.05, 3.63) is 35.9 Å². The van der Waals surface area contributed by atoms with Crippen molar-refractivity contribution < 1.29 is 19.4 Å². The highest BCUT2D eigenvalue weighted by Gasteiger charge is 2.52. The molecule has 19 heavy (non-hydrogen) atoms. The predicted octanol–water partition coefficient (Wildman–Crippen LogP) is 2.37. The van der Waals surface area contributed by atoms with E-state index in [0.717, 1.165) is 12.8 Å². The van der Waals surface area contributed by atoms with Crippen molar-refractivity contribution in [3.8, 4) is 0 Å². The zero-order valence-electron chi connectivity index (χ0n) is 11.0. The Labute approximate surface area is 112 Å². The van der Waals surface area contributed by atoms with E-state index < -0.39 is 17.4 Å². The molecule has 0 saturated heterocycles. The number of ether oxygens (including phenoxy) is 1. The molecule has 1 aromatic carbocycles. The number of carbonyl (C=O) groups is 2. The minimum atomic E-state index is -1.56. The van der Waals surface area contributed by atoms with Gasteiger partial charge in [0.15, 0.2) is 5.41 Å². The Hall–Kier alpha value is -1.84. The van der Waals surface area contributed by atoms with E-state index in [1.54, 1.807) is 37.3 Å². The average molecular weight is 262 g/mol.